The summed E-state index contributed by atoms with van der Waals surface area (Å²) in [5.74, 6) is 0.758. The zero-order valence-corrected chi connectivity index (χ0v) is 18.7. The Morgan fingerprint density at radius 1 is 0.943 bits per heavy atom. The van der Waals surface area contributed by atoms with E-state index in [2.05, 4.69) is 10.4 Å². The van der Waals surface area contributed by atoms with Crippen molar-refractivity contribution in [3.05, 3.63) is 89.1 Å². The number of alkyl halides is 3. The van der Waals surface area contributed by atoms with Crippen LogP contribution in [0.5, 0.6) is 11.5 Å². The molecule has 6 nitrogen and oxygen atoms in total. The minimum Gasteiger partial charge on any atom is -0.486 e. The van der Waals surface area contributed by atoms with Crippen molar-refractivity contribution in [2.24, 2.45) is 0 Å². The Morgan fingerprint density at radius 2 is 1.66 bits per heavy atom. The molecular weight excluding hydrogens is 483 g/mol. The maximum atomic E-state index is 13.4. The average molecular weight is 500 g/mol. The van der Waals surface area contributed by atoms with E-state index in [0.29, 0.717) is 47.2 Å². The summed E-state index contributed by atoms with van der Waals surface area (Å²) >= 11 is 6.22. The monoisotopic (exact) mass is 499 g/mol. The summed E-state index contributed by atoms with van der Waals surface area (Å²) in [5.41, 5.74) is 0.722. The Bertz CT molecular complexity index is 1400. The summed E-state index contributed by atoms with van der Waals surface area (Å²) in [4.78, 5) is 12.7. The van der Waals surface area contributed by atoms with E-state index >= 15 is 0 Å². The summed E-state index contributed by atoms with van der Waals surface area (Å²) in [5, 5.41) is 6.77. The summed E-state index contributed by atoms with van der Waals surface area (Å²) < 4.78 is 52.4. The molecule has 0 saturated heterocycles. The number of rotatable bonds is 4. The molecule has 1 amide bonds. The van der Waals surface area contributed by atoms with Gasteiger partial charge in [-0.25, -0.2) is 4.68 Å². The van der Waals surface area contributed by atoms with E-state index in [0.717, 1.165) is 10.7 Å². The van der Waals surface area contributed by atoms with Gasteiger partial charge in [0.15, 0.2) is 17.2 Å². The number of fused-ring (bicyclic) bond motifs is 1. The molecule has 1 N–H and O–H groups in total. The Morgan fingerprint density at radius 3 is 2.37 bits per heavy atom. The van der Waals surface area contributed by atoms with Gasteiger partial charge in [-0.3, -0.25) is 4.79 Å². The highest BCUT2D eigenvalue weighted by Crippen LogP contribution is 2.35. The molecule has 1 aromatic heterocycles. The van der Waals surface area contributed by atoms with Crippen LogP contribution >= 0.6 is 11.6 Å². The zero-order valence-electron chi connectivity index (χ0n) is 18.0. The number of hydrogen-bond donors (Lipinski definition) is 1. The molecule has 3 aromatic carbocycles. The summed E-state index contributed by atoms with van der Waals surface area (Å²) in [7, 11) is 0. The van der Waals surface area contributed by atoms with Crippen molar-refractivity contribution >= 4 is 23.2 Å². The number of ether oxygens (including phenoxy) is 2. The van der Waals surface area contributed by atoms with Crippen molar-refractivity contribution in [2.75, 3.05) is 18.5 Å². The lowest BCUT2D eigenvalue weighted by Crippen LogP contribution is -2.16. The first kappa shape index (κ1) is 22.8. The van der Waals surface area contributed by atoms with E-state index in [-0.39, 0.29) is 16.6 Å². The number of hydrogen-bond acceptors (Lipinski definition) is 4. The molecule has 1 aliphatic heterocycles. The fourth-order valence-corrected chi connectivity index (χ4v) is 3.86. The van der Waals surface area contributed by atoms with Crippen molar-refractivity contribution in [1.29, 1.82) is 0 Å². The average Bonchev–Trinajstić information content (AvgIpc) is 3.30. The van der Waals surface area contributed by atoms with Crippen LogP contribution in [0.15, 0.2) is 72.8 Å². The molecule has 1 aliphatic rings. The first-order valence-electron chi connectivity index (χ1n) is 10.5. The number of nitrogens with one attached hydrogen (secondary N) is 1. The van der Waals surface area contributed by atoms with Crippen LogP contribution in [0.4, 0.5) is 18.9 Å². The van der Waals surface area contributed by atoms with Crippen LogP contribution in [0.2, 0.25) is 5.02 Å². The van der Waals surface area contributed by atoms with Crippen LogP contribution in [0.3, 0.4) is 0 Å². The van der Waals surface area contributed by atoms with Crippen molar-refractivity contribution < 1.29 is 27.4 Å². The van der Waals surface area contributed by atoms with E-state index < -0.39 is 11.9 Å². The molecule has 10 heteroatoms. The lowest BCUT2D eigenvalue weighted by atomic mass is 10.1. The second kappa shape index (κ2) is 8.99. The fourth-order valence-electron chi connectivity index (χ4n) is 3.65. The molecule has 0 bridgehead atoms. The molecule has 0 saturated carbocycles. The molecule has 0 atom stereocenters. The second-order valence-electron chi connectivity index (χ2n) is 7.67. The van der Waals surface area contributed by atoms with Crippen LogP contribution in [0.1, 0.15) is 16.1 Å². The Labute approximate surface area is 202 Å². The molecule has 4 aromatic rings. The first-order chi connectivity index (χ1) is 16.8. The van der Waals surface area contributed by atoms with Gasteiger partial charge in [0, 0.05) is 22.9 Å². The quantitative estimate of drug-likeness (QED) is 0.361. The van der Waals surface area contributed by atoms with E-state index in [1.54, 1.807) is 54.6 Å². The van der Waals surface area contributed by atoms with Crippen molar-refractivity contribution in [3.63, 3.8) is 0 Å². The van der Waals surface area contributed by atoms with Gasteiger partial charge in [0.25, 0.3) is 5.91 Å². The molecule has 0 aliphatic carbocycles. The third-order valence-electron chi connectivity index (χ3n) is 5.32. The largest absolute Gasteiger partial charge is 0.486 e. The smallest absolute Gasteiger partial charge is 0.435 e. The highest BCUT2D eigenvalue weighted by molar-refractivity contribution is 6.32. The number of carbonyl (C=O) groups is 1. The van der Waals surface area contributed by atoms with E-state index in [1.165, 1.54) is 12.1 Å². The highest BCUT2D eigenvalue weighted by atomic mass is 35.5. The predicted octanol–water partition coefficient (Wildman–Crippen LogP) is 6.24. The third kappa shape index (κ3) is 4.67. The fraction of sp³-hybridized carbons (Fsp3) is 0.120. The highest BCUT2D eigenvalue weighted by Gasteiger charge is 2.35. The number of amides is 1. The zero-order chi connectivity index (χ0) is 24.6. The predicted molar refractivity (Wildman–Crippen MR) is 124 cm³/mol. The SMILES string of the molecule is O=C(Nc1ccc2c(c1)OCCO2)c1ccc(-c2cc(C(F)(F)F)nn2-c2ccccc2Cl)cc1. The Hall–Kier alpha value is -3.98. The summed E-state index contributed by atoms with van der Waals surface area (Å²) in [6, 6.07) is 18.7. The van der Waals surface area contributed by atoms with Gasteiger partial charge in [0.2, 0.25) is 0 Å². The number of anilines is 1. The van der Waals surface area contributed by atoms with Gasteiger partial charge in [-0.2, -0.15) is 18.3 Å². The van der Waals surface area contributed by atoms with Gasteiger partial charge in [-0.15, -0.1) is 0 Å². The van der Waals surface area contributed by atoms with Gasteiger partial charge in [-0.05, 0) is 42.5 Å². The minimum atomic E-state index is -4.63. The normalized spacial score (nSPS) is 12.9. The number of carbonyl (C=O) groups excluding carboxylic acids is 1. The third-order valence-corrected chi connectivity index (χ3v) is 5.64. The van der Waals surface area contributed by atoms with Crippen LogP contribution in [0.25, 0.3) is 16.9 Å². The van der Waals surface area contributed by atoms with Gasteiger partial charge < -0.3 is 14.8 Å². The van der Waals surface area contributed by atoms with Gasteiger partial charge in [0.1, 0.15) is 13.2 Å². The lowest BCUT2D eigenvalue weighted by Gasteiger charge is -2.19. The van der Waals surface area contributed by atoms with E-state index in [9.17, 15) is 18.0 Å². The van der Waals surface area contributed by atoms with Gasteiger partial charge in [0.05, 0.1) is 16.4 Å². The van der Waals surface area contributed by atoms with Crippen molar-refractivity contribution in [2.45, 2.75) is 6.18 Å². The topological polar surface area (TPSA) is 65.4 Å². The van der Waals surface area contributed by atoms with Gasteiger partial charge in [-0.1, -0.05) is 35.9 Å². The van der Waals surface area contributed by atoms with Crippen LogP contribution in [-0.2, 0) is 6.18 Å². The molecule has 0 fully saturated rings. The maximum Gasteiger partial charge on any atom is 0.435 e. The molecule has 0 spiro atoms. The van der Waals surface area contributed by atoms with Crippen molar-refractivity contribution in [1.82, 2.24) is 9.78 Å². The van der Waals surface area contributed by atoms with Gasteiger partial charge >= 0.3 is 6.18 Å². The molecule has 35 heavy (non-hydrogen) atoms. The number of benzene rings is 3. The van der Waals surface area contributed by atoms with E-state index in [1.807, 2.05) is 0 Å². The lowest BCUT2D eigenvalue weighted by molar-refractivity contribution is -0.141. The summed E-state index contributed by atoms with van der Waals surface area (Å²) in [6.07, 6.45) is -4.63. The molecule has 178 valence electrons. The van der Waals surface area contributed by atoms with Crippen LogP contribution in [0, 0.1) is 0 Å². The molecule has 5 rings (SSSR count). The van der Waals surface area contributed by atoms with Crippen LogP contribution < -0.4 is 14.8 Å². The minimum absolute atomic E-state index is 0.184. The maximum absolute atomic E-state index is 13.4. The number of halogens is 4. The molecule has 0 unspecified atom stereocenters. The standard InChI is InChI=1S/C25H17ClF3N3O3/c26-18-3-1-2-4-19(18)32-20(14-23(31-32)25(27,28)29)15-5-7-16(8-6-15)24(33)30-17-9-10-21-22(13-17)35-12-11-34-21/h1-10,13-14H,11-12H2,(H,30,33). The Kier molecular flexibility index (Phi) is 5.86. The Balaban J connectivity index is 1.43. The molecule has 0 radical (unpaired) electrons. The van der Waals surface area contributed by atoms with E-state index in [4.69, 9.17) is 21.1 Å². The second-order valence-corrected chi connectivity index (χ2v) is 8.07. The number of para-hydroxylation sites is 1. The first-order valence-corrected chi connectivity index (χ1v) is 10.9. The number of nitrogens with zero attached hydrogens (tertiary/aromatic N) is 2. The molecular formula is C25H17ClF3N3O3. The summed E-state index contributed by atoms with van der Waals surface area (Å²) in [6.45, 7) is 0.886. The van der Waals surface area contributed by atoms with Crippen LogP contribution in [-0.4, -0.2) is 28.9 Å². The number of aromatic nitrogens is 2. The molecule has 2 heterocycles. The van der Waals surface area contributed by atoms with Crippen molar-refractivity contribution in [3.8, 4) is 28.4 Å².